The molecule has 0 unspecified atom stereocenters. The summed E-state index contributed by atoms with van der Waals surface area (Å²) in [5.41, 5.74) is 1.79. The summed E-state index contributed by atoms with van der Waals surface area (Å²) in [5.74, 6) is -0.555. The maximum atomic E-state index is 12.6. The van der Waals surface area contributed by atoms with Gasteiger partial charge in [0.05, 0.1) is 0 Å². The molecule has 132 valence electrons. The number of benzene rings is 1. The first kappa shape index (κ1) is 18.9. The average Bonchev–Trinajstić information content (AvgIpc) is 3.07. The van der Waals surface area contributed by atoms with E-state index in [-0.39, 0.29) is 23.6 Å². The van der Waals surface area contributed by atoms with E-state index in [1.165, 1.54) is 11.3 Å². The second-order valence-electron chi connectivity index (χ2n) is 6.06. The van der Waals surface area contributed by atoms with Gasteiger partial charge in [-0.15, -0.1) is 11.3 Å². The Bertz CT molecular complexity index is 751. The SMILES string of the molecule is CCC[C@@H](C)NC(=O)/C(=C/c1cccs1)NC(=O)c1cccc(C)c1. The summed E-state index contributed by atoms with van der Waals surface area (Å²) in [7, 11) is 0. The molecule has 1 aromatic heterocycles. The van der Waals surface area contributed by atoms with Crippen molar-refractivity contribution in [2.45, 2.75) is 39.7 Å². The second-order valence-corrected chi connectivity index (χ2v) is 7.04. The van der Waals surface area contributed by atoms with E-state index in [1.807, 2.05) is 43.5 Å². The van der Waals surface area contributed by atoms with Crippen LogP contribution in [0.2, 0.25) is 0 Å². The van der Waals surface area contributed by atoms with Crippen LogP contribution in [-0.4, -0.2) is 17.9 Å². The number of amides is 2. The maximum absolute atomic E-state index is 12.6. The van der Waals surface area contributed by atoms with Crippen LogP contribution in [0.3, 0.4) is 0 Å². The number of carbonyl (C=O) groups excluding carboxylic acids is 2. The van der Waals surface area contributed by atoms with Crippen LogP contribution in [0, 0.1) is 6.92 Å². The lowest BCUT2D eigenvalue weighted by Crippen LogP contribution is -2.39. The van der Waals surface area contributed by atoms with Crippen LogP contribution in [0.5, 0.6) is 0 Å². The summed E-state index contributed by atoms with van der Waals surface area (Å²) < 4.78 is 0. The first-order chi connectivity index (χ1) is 12.0. The molecule has 1 aromatic carbocycles. The standard InChI is InChI=1S/C20H24N2O2S/c1-4-7-15(3)21-20(24)18(13-17-10-6-11-25-17)22-19(23)16-9-5-8-14(2)12-16/h5-6,8-13,15H,4,7H2,1-3H3,(H,21,24)(H,22,23)/b18-13-/t15-/m1/s1. The molecule has 2 rings (SSSR count). The highest BCUT2D eigenvalue weighted by molar-refractivity contribution is 7.10. The van der Waals surface area contributed by atoms with Crippen molar-refractivity contribution in [3.05, 3.63) is 63.5 Å². The highest BCUT2D eigenvalue weighted by atomic mass is 32.1. The summed E-state index contributed by atoms with van der Waals surface area (Å²) in [6.07, 6.45) is 3.59. The molecule has 0 saturated heterocycles. The molecule has 2 aromatic rings. The zero-order valence-corrected chi connectivity index (χ0v) is 15.7. The highest BCUT2D eigenvalue weighted by Crippen LogP contribution is 2.14. The first-order valence-electron chi connectivity index (χ1n) is 8.43. The molecule has 4 nitrogen and oxygen atoms in total. The molecule has 1 atom stereocenters. The summed E-state index contributed by atoms with van der Waals surface area (Å²) in [4.78, 5) is 26.0. The number of nitrogens with one attached hydrogen (secondary N) is 2. The van der Waals surface area contributed by atoms with E-state index in [0.717, 1.165) is 23.3 Å². The fourth-order valence-electron chi connectivity index (χ4n) is 2.46. The average molecular weight is 356 g/mol. The monoisotopic (exact) mass is 356 g/mol. The van der Waals surface area contributed by atoms with Crippen LogP contribution in [0.15, 0.2) is 47.5 Å². The van der Waals surface area contributed by atoms with E-state index in [0.29, 0.717) is 5.56 Å². The number of rotatable bonds is 7. The van der Waals surface area contributed by atoms with Crippen molar-refractivity contribution in [3.8, 4) is 0 Å². The number of hydrogen-bond donors (Lipinski definition) is 2. The Morgan fingerprint density at radius 2 is 2.04 bits per heavy atom. The third-order valence-corrected chi connectivity index (χ3v) is 4.52. The number of carbonyl (C=O) groups is 2. The largest absolute Gasteiger partial charge is 0.348 e. The Hall–Kier alpha value is -2.40. The minimum atomic E-state index is -0.287. The predicted molar refractivity (Wildman–Crippen MR) is 103 cm³/mol. The van der Waals surface area contributed by atoms with E-state index in [4.69, 9.17) is 0 Å². The number of aryl methyl sites for hydroxylation is 1. The van der Waals surface area contributed by atoms with Gasteiger partial charge in [-0.2, -0.15) is 0 Å². The van der Waals surface area contributed by atoms with Crippen LogP contribution in [0.25, 0.3) is 6.08 Å². The first-order valence-corrected chi connectivity index (χ1v) is 9.31. The van der Waals surface area contributed by atoms with E-state index >= 15 is 0 Å². The topological polar surface area (TPSA) is 58.2 Å². The minimum Gasteiger partial charge on any atom is -0.348 e. The smallest absolute Gasteiger partial charge is 0.268 e. The van der Waals surface area contributed by atoms with Gasteiger partial charge in [0.25, 0.3) is 11.8 Å². The van der Waals surface area contributed by atoms with Gasteiger partial charge in [-0.3, -0.25) is 9.59 Å². The molecule has 0 aliphatic heterocycles. The van der Waals surface area contributed by atoms with Crippen LogP contribution in [0.1, 0.15) is 47.5 Å². The van der Waals surface area contributed by atoms with E-state index in [1.54, 1.807) is 18.2 Å². The van der Waals surface area contributed by atoms with Crippen molar-refractivity contribution in [2.24, 2.45) is 0 Å². The Morgan fingerprint density at radius 1 is 1.24 bits per heavy atom. The predicted octanol–water partition coefficient (Wildman–Crippen LogP) is 4.13. The second kappa shape index (κ2) is 9.18. The van der Waals surface area contributed by atoms with Crippen LogP contribution in [0.4, 0.5) is 0 Å². The highest BCUT2D eigenvalue weighted by Gasteiger charge is 2.16. The lowest BCUT2D eigenvalue weighted by Gasteiger charge is -2.15. The molecule has 0 bridgehead atoms. The third-order valence-electron chi connectivity index (χ3n) is 3.70. The van der Waals surface area contributed by atoms with Crippen molar-refractivity contribution in [1.82, 2.24) is 10.6 Å². The van der Waals surface area contributed by atoms with E-state index in [9.17, 15) is 9.59 Å². The molecule has 0 spiro atoms. The molecule has 5 heteroatoms. The Kier molecular flexibility index (Phi) is 6.95. The molecule has 0 aliphatic rings. The molecule has 2 amide bonds. The van der Waals surface area contributed by atoms with Crippen molar-refractivity contribution >= 4 is 29.2 Å². The molecule has 1 heterocycles. The Morgan fingerprint density at radius 3 is 2.68 bits per heavy atom. The van der Waals surface area contributed by atoms with Crippen LogP contribution >= 0.6 is 11.3 Å². The molecule has 0 aliphatic carbocycles. The lowest BCUT2D eigenvalue weighted by molar-refractivity contribution is -0.118. The van der Waals surface area contributed by atoms with Crippen molar-refractivity contribution in [1.29, 1.82) is 0 Å². The quantitative estimate of drug-likeness (QED) is 0.733. The molecule has 0 fully saturated rings. The van der Waals surface area contributed by atoms with Gasteiger partial charge >= 0.3 is 0 Å². The van der Waals surface area contributed by atoms with Crippen molar-refractivity contribution < 1.29 is 9.59 Å². The normalized spacial score (nSPS) is 12.5. The van der Waals surface area contributed by atoms with E-state index < -0.39 is 0 Å². The molecule has 0 saturated carbocycles. The van der Waals surface area contributed by atoms with Crippen LogP contribution in [-0.2, 0) is 4.79 Å². The third kappa shape index (κ3) is 5.87. The fourth-order valence-corrected chi connectivity index (χ4v) is 3.12. The lowest BCUT2D eigenvalue weighted by atomic mass is 10.1. The zero-order chi connectivity index (χ0) is 18.2. The Balaban J connectivity index is 2.20. The summed E-state index contributed by atoms with van der Waals surface area (Å²) >= 11 is 1.52. The summed E-state index contributed by atoms with van der Waals surface area (Å²) in [5, 5.41) is 7.64. The van der Waals surface area contributed by atoms with Gasteiger partial charge in [-0.05, 0) is 49.9 Å². The Labute approximate surface area is 153 Å². The maximum Gasteiger partial charge on any atom is 0.268 e. The van der Waals surface area contributed by atoms with Crippen molar-refractivity contribution in [3.63, 3.8) is 0 Å². The van der Waals surface area contributed by atoms with Crippen molar-refractivity contribution in [2.75, 3.05) is 0 Å². The van der Waals surface area contributed by atoms with Crippen LogP contribution < -0.4 is 10.6 Å². The van der Waals surface area contributed by atoms with Gasteiger partial charge in [0, 0.05) is 16.5 Å². The van der Waals surface area contributed by atoms with Gasteiger partial charge in [0.1, 0.15) is 5.70 Å². The van der Waals surface area contributed by atoms with Gasteiger partial charge in [-0.1, -0.05) is 37.1 Å². The van der Waals surface area contributed by atoms with Gasteiger partial charge < -0.3 is 10.6 Å². The molecule has 0 radical (unpaired) electrons. The molecular weight excluding hydrogens is 332 g/mol. The fraction of sp³-hybridized carbons (Fsp3) is 0.300. The van der Waals surface area contributed by atoms with E-state index in [2.05, 4.69) is 17.6 Å². The number of thiophene rings is 1. The van der Waals surface area contributed by atoms with Gasteiger partial charge in [0.2, 0.25) is 0 Å². The summed E-state index contributed by atoms with van der Waals surface area (Å²) in [6.45, 7) is 5.97. The molecular formula is C20H24N2O2S. The molecule has 2 N–H and O–H groups in total. The molecule has 25 heavy (non-hydrogen) atoms. The number of hydrogen-bond acceptors (Lipinski definition) is 3. The summed E-state index contributed by atoms with van der Waals surface area (Å²) in [6, 6.07) is 11.2. The minimum absolute atomic E-state index is 0.0557. The zero-order valence-electron chi connectivity index (χ0n) is 14.8. The van der Waals surface area contributed by atoms with Gasteiger partial charge in [0.15, 0.2) is 0 Å². The van der Waals surface area contributed by atoms with Gasteiger partial charge in [-0.25, -0.2) is 0 Å².